The summed E-state index contributed by atoms with van der Waals surface area (Å²) < 4.78 is 11.4. The maximum absolute atomic E-state index is 5.86. The van der Waals surface area contributed by atoms with Gasteiger partial charge in [-0.3, -0.25) is 4.98 Å². The molecule has 0 bridgehead atoms. The minimum absolute atomic E-state index is 0.227. The molecule has 1 fully saturated rings. The van der Waals surface area contributed by atoms with E-state index in [1.807, 2.05) is 12.3 Å². The molecule has 2 aliphatic heterocycles. The molecular formula is C11H13NO2. The first-order chi connectivity index (χ1) is 6.91. The van der Waals surface area contributed by atoms with E-state index >= 15 is 0 Å². The SMILES string of the molecule is c1cnc2c(c1)COC21CCCOC1. The van der Waals surface area contributed by atoms with E-state index in [2.05, 4.69) is 11.1 Å². The largest absolute Gasteiger partial charge is 0.378 e. The zero-order valence-electron chi connectivity index (χ0n) is 8.03. The number of ether oxygens (including phenoxy) is 2. The molecular weight excluding hydrogens is 178 g/mol. The summed E-state index contributed by atoms with van der Waals surface area (Å²) in [5, 5.41) is 0. The Morgan fingerprint density at radius 2 is 2.43 bits per heavy atom. The van der Waals surface area contributed by atoms with Gasteiger partial charge >= 0.3 is 0 Å². The Morgan fingerprint density at radius 1 is 1.43 bits per heavy atom. The predicted octanol–water partition coefficient (Wildman–Crippen LogP) is 1.62. The lowest BCUT2D eigenvalue weighted by Gasteiger charge is -2.32. The van der Waals surface area contributed by atoms with Gasteiger partial charge in [-0.25, -0.2) is 0 Å². The maximum atomic E-state index is 5.86. The lowest BCUT2D eigenvalue weighted by atomic mass is 9.92. The van der Waals surface area contributed by atoms with Crippen LogP contribution in [0.1, 0.15) is 24.1 Å². The second-order valence-electron chi connectivity index (χ2n) is 3.95. The van der Waals surface area contributed by atoms with Crippen LogP contribution in [-0.4, -0.2) is 18.2 Å². The Hall–Kier alpha value is -0.930. The van der Waals surface area contributed by atoms with Crippen molar-refractivity contribution in [2.45, 2.75) is 25.0 Å². The summed E-state index contributed by atoms with van der Waals surface area (Å²) in [6.45, 7) is 2.21. The van der Waals surface area contributed by atoms with Gasteiger partial charge in [0.2, 0.25) is 0 Å². The summed E-state index contributed by atoms with van der Waals surface area (Å²) in [7, 11) is 0. The van der Waals surface area contributed by atoms with Crippen LogP contribution in [0.5, 0.6) is 0 Å². The van der Waals surface area contributed by atoms with Crippen molar-refractivity contribution in [1.82, 2.24) is 4.98 Å². The molecule has 0 amide bonds. The smallest absolute Gasteiger partial charge is 0.134 e. The van der Waals surface area contributed by atoms with E-state index in [0.717, 1.165) is 25.1 Å². The summed E-state index contributed by atoms with van der Waals surface area (Å²) in [6, 6.07) is 4.05. The molecule has 1 spiro atoms. The Kier molecular flexibility index (Phi) is 1.82. The molecule has 2 aliphatic rings. The topological polar surface area (TPSA) is 31.4 Å². The van der Waals surface area contributed by atoms with Gasteiger partial charge in [-0.1, -0.05) is 6.07 Å². The minimum atomic E-state index is -0.227. The Morgan fingerprint density at radius 3 is 3.29 bits per heavy atom. The molecule has 3 rings (SSSR count). The molecule has 0 radical (unpaired) electrons. The third-order valence-electron chi connectivity index (χ3n) is 3.03. The Labute approximate surface area is 83.1 Å². The highest BCUT2D eigenvalue weighted by Gasteiger charge is 2.42. The van der Waals surface area contributed by atoms with Crippen molar-refractivity contribution < 1.29 is 9.47 Å². The molecule has 74 valence electrons. The van der Waals surface area contributed by atoms with Gasteiger partial charge in [0.05, 0.1) is 18.9 Å². The lowest BCUT2D eigenvalue weighted by Crippen LogP contribution is -2.36. The number of pyridine rings is 1. The van der Waals surface area contributed by atoms with Crippen LogP contribution in [0, 0.1) is 0 Å². The molecule has 1 aromatic rings. The summed E-state index contributed by atoms with van der Waals surface area (Å²) in [5.41, 5.74) is 2.09. The number of rotatable bonds is 0. The third kappa shape index (κ3) is 1.09. The van der Waals surface area contributed by atoms with Crippen LogP contribution in [0.3, 0.4) is 0 Å². The van der Waals surface area contributed by atoms with Crippen LogP contribution in [0.25, 0.3) is 0 Å². The lowest BCUT2D eigenvalue weighted by molar-refractivity contribution is -0.127. The first kappa shape index (κ1) is 8.38. The number of hydrogen-bond acceptors (Lipinski definition) is 3. The number of fused-ring (bicyclic) bond motifs is 2. The molecule has 0 N–H and O–H groups in total. The average Bonchev–Trinajstić information content (AvgIpc) is 2.60. The van der Waals surface area contributed by atoms with Gasteiger partial charge in [-0.2, -0.15) is 0 Å². The van der Waals surface area contributed by atoms with Crippen LogP contribution >= 0.6 is 0 Å². The van der Waals surface area contributed by atoms with Crippen LogP contribution < -0.4 is 0 Å². The highest BCUT2D eigenvalue weighted by Crippen LogP contribution is 2.40. The summed E-state index contributed by atoms with van der Waals surface area (Å²) in [4.78, 5) is 4.43. The molecule has 14 heavy (non-hydrogen) atoms. The van der Waals surface area contributed by atoms with Gasteiger partial charge in [-0.05, 0) is 18.9 Å². The number of nitrogens with zero attached hydrogens (tertiary/aromatic N) is 1. The normalized spacial score (nSPS) is 30.6. The quantitative estimate of drug-likeness (QED) is 0.624. The molecule has 3 nitrogen and oxygen atoms in total. The van der Waals surface area contributed by atoms with Gasteiger partial charge in [0, 0.05) is 18.4 Å². The van der Waals surface area contributed by atoms with E-state index < -0.39 is 0 Å². The highest BCUT2D eigenvalue weighted by molar-refractivity contribution is 5.29. The first-order valence-electron chi connectivity index (χ1n) is 5.07. The van der Waals surface area contributed by atoms with Crippen molar-refractivity contribution >= 4 is 0 Å². The van der Waals surface area contributed by atoms with E-state index in [9.17, 15) is 0 Å². The highest BCUT2D eigenvalue weighted by atomic mass is 16.5. The van der Waals surface area contributed by atoms with E-state index in [1.165, 1.54) is 5.56 Å². The molecule has 1 atom stereocenters. The van der Waals surface area contributed by atoms with Crippen LogP contribution in [0.15, 0.2) is 18.3 Å². The fraction of sp³-hybridized carbons (Fsp3) is 0.545. The first-order valence-corrected chi connectivity index (χ1v) is 5.07. The molecule has 0 aromatic carbocycles. The van der Waals surface area contributed by atoms with Gasteiger partial charge in [-0.15, -0.1) is 0 Å². The van der Waals surface area contributed by atoms with Crippen molar-refractivity contribution in [2.75, 3.05) is 13.2 Å². The Bertz CT molecular complexity index is 339. The van der Waals surface area contributed by atoms with Crippen molar-refractivity contribution in [3.8, 4) is 0 Å². The van der Waals surface area contributed by atoms with Gasteiger partial charge in [0.25, 0.3) is 0 Å². The molecule has 3 heterocycles. The standard InChI is InChI=1S/C11H13NO2/c1-3-9-7-14-11(10(9)12-5-1)4-2-6-13-8-11/h1,3,5H,2,4,6-8H2. The minimum Gasteiger partial charge on any atom is -0.378 e. The number of aromatic nitrogens is 1. The summed E-state index contributed by atoms with van der Waals surface area (Å²) >= 11 is 0. The van der Waals surface area contributed by atoms with Crippen LogP contribution in [-0.2, 0) is 21.7 Å². The van der Waals surface area contributed by atoms with E-state index in [0.29, 0.717) is 13.2 Å². The fourth-order valence-electron chi connectivity index (χ4n) is 2.32. The van der Waals surface area contributed by atoms with Crippen LogP contribution in [0.4, 0.5) is 0 Å². The molecule has 0 saturated carbocycles. The van der Waals surface area contributed by atoms with E-state index in [4.69, 9.17) is 9.47 Å². The van der Waals surface area contributed by atoms with Gasteiger partial charge in [0.1, 0.15) is 5.60 Å². The van der Waals surface area contributed by atoms with Gasteiger partial charge in [0.15, 0.2) is 0 Å². The van der Waals surface area contributed by atoms with E-state index in [-0.39, 0.29) is 5.60 Å². The van der Waals surface area contributed by atoms with Crippen molar-refractivity contribution in [1.29, 1.82) is 0 Å². The van der Waals surface area contributed by atoms with Crippen LogP contribution in [0.2, 0.25) is 0 Å². The average molecular weight is 191 g/mol. The molecule has 1 aromatic heterocycles. The van der Waals surface area contributed by atoms with Gasteiger partial charge < -0.3 is 9.47 Å². The zero-order chi connectivity index (χ0) is 9.43. The third-order valence-corrected chi connectivity index (χ3v) is 3.03. The molecule has 0 aliphatic carbocycles. The molecule has 3 heteroatoms. The Balaban J connectivity index is 2.03. The summed E-state index contributed by atoms with van der Waals surface area (Å²) in [5.74, 6) is 0. The van der Waals surface area contributed by atoms with Crippen molar-refractivity contribution in [2.24, 2.45) is 0 Å². The molecule has 1 saturated heterocycles. The summed E-state index contributed by atoms with van der Waals surface area (Å²) in [6.07, 6.45) is 3.94. The number of hydrogen-bond donors (Lipinski definition) is 0. The van der Waals surface area contributed by atoms with E-state index in [1.54, 1.807) is 0 Å². The predicted molar refractivity (Wildman–Crippen MR) is 50.8 cm³/mol. The second kappa shape index (κ2) is 3.04. The molecule has 1 unspecified atom stereocenters. The maximum Gasteiger partial charge on any atom is 0.134 e. The monoisotopic (exact) mass is 191 g/mol. The van der Waals surface area contributed by atoms with Crippen molar-refractivity contribution in [3.63, 3.8) is 0 Å². The zero-order valence-corrected chi connectivity index (χ0v) is 8.03. The second-order valence-corrected chi connectivity index (χ2v) is 3.95. The van der Waals surface area contributed by atoms with Crippen molar-refractivity contribution in [3.05, 3.63) is 29.6 Å². The fourth-order valence-corrected chi connectivity index (χ4v) is 2.32.